The normalized spacial score (nSPS) is 16.9. The summed E-state index contributed by atoms with van der Waals surface area (Å²) in [7, 11) is 0. The van der Waals surface area contributed by atoms with E-state index in [0.717, 1.165) is 48.9 Å². The van der Waals surface area contributed by atoms with E-state index < -0.39 is 11.6 Å². The maximum atomic E-state index is 13.6. The number of carbonyl (C=O) groups is 1. The summed E-state index contributed by atoms with van der Waals surface area (Å²) in [6.45, 7) is 5.38. The molecule has 0 aromatic heterocycles. The van der Waals surface area contributed by atoms with Crippen molar-refractivity contribution < 1.29 is 13.6 Å². The van der Waals surface area contributed by atoms with Crippen LogP contribution < -0.4 is 5.32 Å². The number of amides is 1. The van der Waals surface area contributed by atoms with Crippen LogP contribution in [0.3, 0.4) is 0 Å². The number of benzene rings is 2. The lowest BCUT2D eigenvalue weighted by molar-refractivity contribution is -0.117. The number of hydrogen-bond acceptors (Lipinski definition) is 3. The van der Waals surface area contributed by atoms with E-state index in [-0.39, 0.29) is 24.2 Å². The topological polar surface area (TPSA) is 35.6 Å². The largest absolute Gasteiger partial charge is 0.322 e. The molecule has 0 bridgehead atoms. The first-order valence-electron chi connectivity index (χ1n) is 8.90. The van der Waals surface area contributed by atoms with Gasteiger partial charge in [-0.1, -0.05) is 29.8 Å². The van der Waals surface area contributed by atoms with Gasteiger partial charge in [0.05, 0.1) is 12.2 Å². The second-order valence-electron chi connectivity index (χ2n) is 6.68. The van der Waals surface area contributed by atoms with Gasteiger partial charge in [0.2, 0.25) is 5.91 Å². The van der Waals surface area contributed by atoms with Crippen molar-refractivity contribution in [3.8, 4) is 0 Å². The van der Waals surface area contributed by atoms with Crippen molar-refractivity contribution in [2.24, 2.45) is 0 Å². The average molecular weight is 394 g/mol. The molecule has 1 N–H and O–H groups in total. The van der Waals surface area contributed by atoms with Gasteiger partial charge in [-0.05, 0) is 30.7 Å². The Balaban J connectivity index is 1.50. The Kier molecular flexibility index (Phi) is 6.42. The molecule has 144 valence electrons. The van der Waals surface area contributed by atoms with Crippen LogP contribution in [0.5, 0.6) is 0 Å². The van der Waals surface area contributed by atoms with Crippen molar-refractivity contribution in [1.29, 1.82) is 0 Å². The number of piperazine rings is 1. The molecule has 1 unspecified atom stereocenters. The molecule has 2 aromatic carbocycles. The number of carbonyl (C=O) groups excluding carboxylic acids is 1. The highest BCUT2D eigenvalue weighted by Gasteiger charge is 2.24. The Morgan fingerprint density at radius 3 is 2.52 bits per heavy atom. The number of rotatable bonds is 5. The van der Waals surface area contributed by atoms with Crippen LogP contribution in [0.2, 0.25) is 5.02 Å². The third kappa shape index (κ3) is 5.03. The van der Waals surface area contributed by atoms with Crippen LogP contribution >= 0.6 is 11.6 Å². The van der Waals surface area contributed by atoms with E-state index in [1.165, 1.54) is 6.07 Å². The molecule has 0 spiro atoms. The molecule has 4 nitrogen and oxygen atoms in total. The molecule has 2 aromatic rings. The molecule has 1 aliphatic heterocycles. The molecule has 1 saturated heterocycles. The van der Waals surface area contributed by atoms with Crippen molar-refractivity contribution >= 4 is 23.2 Å². The number of anilines is 1. The van der Waals surface area contributed by atoms with Crippen LogP contribution in [-0.2, 0) is 4.79 Å². The van der Waals surface area contributed by atoms with Crippen LogP contribution in [0.15, 0.2) is 42.5 Å². The number of hydrogen-bond donors (Lipinski definition) is 1. The summed E-state index contributed by atoms with van der Waals surface area (Å²) < 4.78 is 26.6. The average Bonchev–Trinajstić information content (AvgIpc) is 2.64. The van der Waals surface area contributed by atoms with Gasteiger partial charge in [-0.2, -0.15) is 0 Å². The molecular formula is C20H22ClF2N3O. The molecule has 0 saturated carbocycles. The summed E-state index contributed by atoms with van der Waals surface area (Å²) in [5, 5.41) is 3.26. The summed E-state index contributed by atoms with van der Waals surface area (Å²) in [6.07, 6.45) is 0. The third-order valence-corrected chi connectivity index (χ3v) is 5.23. The van der Waals surface area contributed by atoms with Gasteiger partial charge in [0.15, 0.2) is 0 Å². The first-order valence-corrected chi connectivity index (χ1v) is 9.27. The molecule has 3 rings (SSSR count). The maximum Gasteiger partial charge on any atom is 0.238 e. The van der Waals surface area contributed by atoms with Gasteiger partial charge in [0.1, 0.15) is 11.6 Å². The molecule has 1 atom stereocenters. The second-order valence-corrected chi connectivity index (χ2v) is 7.09. The SMILES string of the molecule is CC(c1ccccc1Cl)N1CCN(CC(=O)Nc2ccc(F)cc2F)CC1. The van der Waals surface area contributed by atoms with Crippen LogP contribution in [0.4, 0.5) is 14.5 Å². The highest BCUT2D eigenvalue weighted by atomic mass is 35.5. The lowest BCUT2D eigenvalue weighted by Crippen LogP contribution is -2.49. The van der Waals surface area contributed by atoms with E-state index in [4.69, 9.17) is 11.6 Å². The summed E-state index contributed by atoms with van der Waals surface area (Å²) in [4.78, 5) is 16.5. The molecule has 27 heavy (non-hydrogen) atoms. The first kappa shape index (κ1) is 19.7. The predicted octanol–water partition coefficient (Wildman–Crippen LogP) is 3.94. The second kappa shape index (κ2) is 8.78. The Hall–Kier alpha value is -2.02. The number of nitrogens with zero attached hydrogens (tertiary/aromatic N) is 2. The molecule has 0 aliphatic carbocycles. The molecule has 7 heteroatoms. The zero-order valence-electron chi connectivity index (χ0n) is 15.1. The van der Waals surface area contributed by atoms with Crippen LogP contribution in [-0.4, -0.2) is 48.4 Å². The third-order valence-electron chi connectivity index (χ3n) is 4.88. The Morgan fingerprint density at radius 1 is 1.15 bits per heavy atom. The fourth-order valence-electron chi connectivity index (χ4n) is 3.30. The maximum absolute atomic E-state index is 13.6. The first-order chi connectivity index (χ1) is 12.9. The van der Waals surface area contributed by atoms with Crippen molar-refractivity contribution in [3.63, 3.8) is 0 Å². The minimum Gasteiger partial charge on any atom is -0.322 e. The fraction of sp³-hybridized carbons (Fsp3) is 0.350. The van der Waals surface area contributed by atoms with Gasteiger partial charge in [-0.3, -0.25) is 14.6 Å². The van der Waals surface area contributed by atoms with Crippen molar-refractivity contribution in [3.05, 3.63) is 64.7 Å². The summed E-state index contributed by atoms with van der Waals surface area (Å²) in [5.74, 6) is -1.76. The van der Waals surface area contributed by atoms with Crippen molar-refractivity contribution in [1.82, 2.24) is 9.80 Å². The molecular weight excluding hydrogens is 372 g/mol. The van der Waals surface area contributed by atoms with Crippen LogP contribution in [0, 0.1) is 11.6 Å². The zero-order chi connectivity index (χ0) is 19.4. The lowest BCUT2D eigenvalue weighted by Gasteiger charge is -2.38. The Labute approximate surface area is 162 Å². The van der Waals surface area contributed by atoms with E-state index in [1.807, 2.05) is 29.2 Å². The number of halogens is 3. The number of nitrogens with one attached hydrogen (secondary N) is 1. The van der Waals surface area contributed by atoms with E-state index in [2.05, 4.69) is 17.1 Å². The van der Waals surface area contributed by atoms with Gasteiger partial charge in [0, 0.05) is 43.3 Å². The Bertz CT molecular complexity index is 810. The summed E-state index contributed by atoms with van der Waals surface area (Å²) in [5.41, 5.74) is 1.09. The van der Waals surface area contributed by atoms with E-state index in [0.29, 0.717) is 0 Å². The highest BCUT2D eigenvalue weighted by Crippen LogP contribution is 2.27. The molecule has 0 radical (unpaired) electrons. The zero-order valence-corrected chi connectivity index (χ0v) is 15.8. The molecule has 1 fully saturated rings. The molecule has 1 aliphatic rings. The standard InChI is InChI=1S/C20H22ClF2N3O/c1-14(16-4-2-3-5-17(16)21)26-10-8-25(9-11-26)13-20(27)24-19-7-6-15(22)12-18(19)23/h2-7,12,14H,8-11,13H2,1H3,(H,24,27). The summed E-state index contributed by atoms with van der Waals surface area (Å²) >= 11 is 6.29. The van der Waals surface area contributed by atoms with Gasteiger partial charge < -0.3 is 5.32 Å². The van der Waals surface area contributed by atoms with E-state index >= 15 is 0 Å². The van der Waals surface area contributed by atoms with Crippen LogP contribution in [0.1, 0.15) is 18.5 Å². The monoisotopic (exact) mass is 393 g/mol. The van der Waals surface area contributed by atoms with E-state index in [9.17, 15) is 13.6 Å². The van der Waals surface area contributed by atoms with E-state index in [1.54, 1.807) is 0 Å². The predicted molar refractivity (Wildman–Crippen MR) is 103 cm³/mol. The van der Waals surface area contributed by atoms with Crippen LogP contribution in [0.25, 0.3) is 0 Å². The van der Waals surface area contributed by atoms with Gasteiger partial charge >= 0.3 is 0 Å². The lowest BCUT2D eigenvalue weighted by atomic mass is 10.1. The van der Waals surface area contributed by atoms with Crippen molar-refractivity contribution in [2.45, 2.75) is 13.0 Å². The minimum atomic E-state index is -0.776. The quantitative estimate of drug-likeness (QED) is 0.835. The molecule has 1 amide bonds. The van der Waals surface area contributed by atoms with Gasteiger partial charge in [-0.15, -0.1) is 0 Å². The highest BCUT2D eigenvalue weighted by molar-refractivity contribution is 6.31. The Morgan fingerprint density at radius 2 is 1.85 bits per heavy atom. The van der Waals surface area contributed by atoms with Gasteiger partial charge in [0.25, 0.3) is 0 Å². The molecule has 1 heterocycles. The smallest absolute Gasteiger partial charge is 0.238 e. The van der Waals surface area contributed by atoms with Gasteiger partial charge in [-0.25, -0.2) is 8.78 Å². The fourth-order valence-corrected chi connectivity index (χ4v) is 3.60. The summed E-state index contributed by atoms with van der Waals surface area (Å²) in [6, 6.07) is 11.1. The minimum absolute atomic E-state index is 0.00706. The van der Waals surface area contributed by atoms with Crippen molar-refractivity contribution in [2.75, 3.05) is 38.0 Å².